The molecule has 94 valence electrons. The monoisotopic (exact) mass is 245 g/mol. The Labute approximate surface area is 105 Å². The quantitative estimate of drug-likeness (QED) is 0.870. The molecule has 1 aromatic heterocycles. The van der Waals surface area contributed by atoms with E-state index in [4.69, 9.17) is 0 Å². The molecular formula is C14H15NO3. The van der Waals surface area contributed by atoms with Crippen LogP contribution in [0.15, 0.2) is 30.3 Å². The van der Waals surface area contributed by atoms with Crippen molar-refractivity contribution < 1.29 is 15.0 Å². The van der Waals surface area contributed by atoms with Crippen LogP contribution in [0.4, 0.5) is 0 Å². The molecule has 0 aliphatic rings. The van der Waals surface area contributed by atoms with Crippen LogP contribution >= 0.6 is 0 Å². The first kappa shape index (κ1) is 12.5. The fourth-order valence-corrected chi connectivity index (χ4v) is 1.94. The predicted octanol–water partition coefficient (Wildman–Crippen LogP) is 2.25. The second-order valence-electron chi connectivity index (χ2n) is 4.97. The van der Waals surface area contributed by atoms with Crippen molar-refractivity contribution in [2.24, 2.45) is 0 Å². The number of carbonyl (C=O) groups is 1. The Morgan fingerprint density at radius 2 is 2.00 bits per heavy atom. The van der Waals surface area contributed by atoms with E-state index in [1.165, 1.54) is 6.07 Å². The molecule has 2 aromatic rings. The molecule has 4 nitrogen and oxygen atoms in total. The van der Waals surface area contributed by atoms with Crippen LogP contribution in [0.3, 0.4) is 0 Å². The number of aromatic nitrogens is 1. The molecule has 0 spiro atoms. The zero-order chi connectivity index (χ0) is 13.3. The van der Waals surface area contributed by atoms with E-state index >= 15 is 0 Å². The van der Waals surface area contributed by atoms with Gasteiger partial charge in [-0.25, -0.2) is 4.79 Å². The number of nitrogens with zero attached hydrogens (tertiary/aromatic N) is 1. The second-order valence-corrected chi connectivity index (χ2v) is 4.97. The average Bonchev–Trinajstić information content (AvgIpc) is 2.25. The lowest BCUT2D eigenvalue weighted by molar-refractivity contribution is 0.0694. The first-order valence-electron chi connectivity index (χ1n) is 5.71. The fourth-order valence-electron chi connectivity index (χ4n) is 1.94. The van der Waals surface area contributed by atoms with Crippen LogP contribution in [0.2, 0.25) is 0 Å². The van der Waals surface area contributed by atoms with Crippen LogP contribution in [-0.4, -0.2) is 26.8 Å². The molecule has 18 heavy (non-hydrogen) atoms. The number of para-hydroxylation sites is 1. The Morgan fingerprint density at radius 3 is 2.61 bits per heavy atom. The number of carboxylic acid groups (broad SMARTS) is 1. The van der Waals surface area contributed by atoms with Crippen LogP contribution in [0.25, 0.3) is 10.9 Å². The SMILES string of the molecule is CC(C)(O)Cc1cc(C(=O)O)c2ccccc2n1. The Morgan fingerprint density at radius 1 is 1.33 bits per heavy atom. The number of fused-ring (bicyclic) bond motifs is 1. The van der Waals surface area contributed by atoms with Gasteiger partial charge in [-0.1, -0.05) is 18.2 Å². The van der Waals surface area contributed by atoms with E-state index in [1.54, 1.807) is 32.0 Å². The molecule has 0 bridgehead atoms. The second kappa shape index (κ2) is 4.38. The zero-order valence-electron chi connectivity index (χ0n) is 10.3. The zero-order valence-corrected chi connectivity index (χ0v) is 10.3. The molecule has 2 N–H and O–H groups in total. The maximum Gasteiger partial charge on any atom is 0.336 e. The molecule has 1 heterocycles. The van der Waals surface area contributed by atoms with Crippen molar-refractivity contribution in [3.63, 3.8) is 0 Å². The fraction of sp³-hybridized carbons (Fsp3) is 0.286. The summed E-state index contributed by atoms with van der Waals surface area (Å²) in [6.45, 7) is 3.34. The van der Waals surface area contributed by atoms with Crippen LogP contribution in [0, 0.1) is 0 Å². The number of benzene rings is 1. The van der Waals surface area contributed by atoms with E-state index < -0.39 is 11.6 Å². The lowest BCUT2D eigenvalue weighted by Gasteiger charge is -2.17. The first-order chi connectivity index (χ1) is 8.37. The highest BCUT2D eigenvalue weighted by atomic mass is 16.4. The summed E-state index contributed by atoms with van der Waals surface area (Å²) in [6, 6.07) is 8.64. The maximum atomic E-state index is 11.2. The van der Waals surface area contributed by atoms with Crippen molar-refractivity contribution in [1.29, 1.82) is 0 Å². The largest absolute Gasteiger partial charge is 0.478 e. The highest BCUT2D eigenvalue weighted by Crippen LogP contribution is 2.20. The molecular weight excluding hydrogens is 230 g/mol. The van der Waals surface area contributed by atoms with Crippen molar-refractivity contribution >= 4 is 16.9 Å². The Hall–Kier alpha value is -1.94. The summed E-state index contributed by atoms with van der Waals surface area (Å²) in [6.07, 6.45) is 0.318. The van der Waals surface area contributed by atoms with Gasteiger partial charge < -0.3 is 10.2 Å². The van der Waals surface area contributed by atoms with Crippen LogP contribution in [-0.2, 0) is 6.42 Å². The van der Waals surface area contributed by atoms with E-state index in [1.807, 2.05) is 6.07 Å². The smallest absolute Gasteiger partial charge is 0.336 e. The molecule has 0 aliphatic carbocycles. The Kier molecular flexibility index (Phi) is 3.05. The van der Waals surface area contributed by atoms with Crippen LogP contribution in [0.5, 0.6) is 0 Å². The van der Waals surface area contributed by atoms with Gasteiger partial charge in [-0.15, -0.1) is 0 Å². The summed E-state index contributed by atoms with van der Waals surface area (Å²) < 4.78 is 0. The third-order valence-electron chi connectivity index (χ3n) is 2.61. The topological polar surface area (TPSA) is 70.4 Å². The number of aromatic carboxylic acids is 1. The van der Waals surface area contributed by atoms with Gasteiger partial charge in [0.15, 0.2) is 0 Å². The third kappa shape index (κ3) is 2.65. The number of hydrogen-bond donors (Lipinski definition) is 2. The normalized spacial score (nSPS) is 11.7. The van der Waals surface area contributed by atoms with E-state index in [-0.39, 0.29) is 5.56 Å². The molecule has 0 fully saturated rings. The Bertz CT molecular complexity index is 600. The van der Waals surface area contributed by atoms with E-state index in [9.17, 15) is 15.0 Å². The van der Waals surface area contributed by atoms with Crippen molar-refractivity contribution in [2.75, 3.05) is 0 Å². The molecule has 0 saturated carbocycles. The highest BCUT2D eigenvalue weighted by Gasteiger charge is 2.17. The summed E-state index contributed by atoms with van der Waals surface area (Å²) in [5.74, 6) is -0.981. The van der Waals surface area contributed by atoms with Gasteiger partial charge in [0.1, 0.15) is 0 Å². The predicted molar refractivity (Wildman–Crippen MR) is 68.7 cm³/mol. The van der Waals surface area contributed by atoms with Crippen LogP contribution < -0.4 is 0 Å². The minimum Gasteiger partial charge on any atom is -0.478 e. The number of pyridine rings is 1. The molecule has 4 heteroatoms. The average molecular weight is 245 g/mol. The van der Waals surface area contributed by atoms with Gasteiger partial charge in [0.05, 0.1) is 16.7 Å². The summed E-state index contributed by atoms with van der Waals surface area (Å²) in [5.41, 5.74) is 0.528. The Balaban J connectivity index is 2.61. The summed E-state index contributed by atoms with van der Waals surface area (Å²) in [5, 5.41) is 19.6. The van der Waals surface area contributed by atoms with Crippen molar-refractivity contribution in [3.05, 3.63) is 41.6 Å². The maximum absolute atomic E-state index is 11.2. The summed E-state index contributed by atoms with van der Waals surface area (Å²) in [7, 11) is 0. The van der Waals surface area contributed by atoms with E-state index in [2.05, 4.69) is 4.98 Å². The molecule has 0 saturated heterocycles. The molecule has 1 aromatic carbocycles. The van der Waals surface area contributed by atoms with Crippen LogP contribution in [0.1, 0.15) is 29.9 Å². The van der Waals surface area contributed by atoms with Gasteiger partial charge in [-0.2, -0.15) is 0 Å². The molecule has 0 unspecified atom stereocenters. The van der Waals surface area contributed by atoms with Gasteiger partial charge in [0.2, 0.25) is 0 Å². The molecule has 0 amide bonds. The summed E-state index contributed by atoms with van der Waals surface area (Å²) >= 11 is 0. The van der Waals surface area contributed by atoms with Gasteiger partial charge in [-0.3, -0.25) is 4.98 Å². The van der Waals surface area contributed by atoms with Gasteiger partial charge in [0.25, 0.3) is 0 Å². The van der Waals surface area contributed by atoms with E-state index in [0.29, 0.717) is 23.0 Å². The minimum atomic E-state index is -0.981. The molecule has 2 rings (SSSR count). The van der Waals surface area contributed by atoms with E-state index in [0.717, 1.165) is 0 Å². The van der Waals surface area contributed by atoms with Crippen molar-refractivity contribution in [1.82, 2.24) is 4.98 Å². The number of carboxylic acids is 1. The molecule has 0 atom stereocenters. The third-order valence-corrected chi connectivity index (χ3v) is 2.61. The standard InChI is InChI=1S/C14H15NO3/c1-14(2,18)8-9-7-11(13(16)17)10-5-3-4-6-12(10)15-9/h3-7,18H,8H2,1-2H3,(H,16,17). The minimum absolute atomic E-state index is 0.222. The molecule has 0 aliphatic heterocycles. The highest BCUT2D eigenvalue weighted by molar-refractivity contribution is 6.02. The number of hydrogen-bond acceptors (Lipinski definition) is 3. The van der Waals surface area contributed by atoms with Gasteiger partial charge in [0, 0.05) is 17.5 Å². The van der Waals surface area contributed by atoms with Gasteiger partial charge in [-0.05, 0) is 26.0 Å². The van der Waals surface area contributed by atoms with Crippen molar-refractivity contribution in [2.45, 2.75) is 25.9 Å². The number of aliphatic hydroxyl groups is 1. The number of rotatable bonds is 3. The first-order valence-corrected chi connectivity index (χ1v) is 5.71. The van der Waals surface area contributed by atoms with Crippen molar-refractivity contribution in [3.8, 4) is 0 Å². The molecule has 0 radical (unpaired) electrons. The lowest BCUT2D eigenvalue weighted by Crippen LogP contribution is -2.22. The summed E-state index contributed by atoms with van der Waals surface area (Å²) in [4.78, 5) is 15.6. The van der Waals surface area contributed by atoms with Gasteiger partial charge >= 0.3 is 5.97 Å². The lowest BCUT2D eigenvalue weighted by atomic mass is 10.00.